The van der Waals surface area contributed by atoms with Gasteiger partial charge >= 0.3 is 0 Å². The van der Waals surface area contributed by atoms with Crippen molar-refractivity contribution in [3.63, 3.8) is 0 Å². The first-order chi connectivity index (χ1) is 14.1. The number of sulfonamides is 1. The molecular formula is C21H27FN2O5S. The molecule has 0 aliphatic rings. The zero-order chi connectivity index (χ0) is 22.5. The smallest absolute Gasteiger partial charge is 0.253 e. The molecule has 0 unspecified atom stereocenters. The van der Waals surface area contributed by atoms with Gasteiger partial charge in [-0.3, -0.25) is 9.10 Å². The van der Waals surface area contributed by atoms with Gasteiger partial charge in [-0.25, -0.2) is 12.8 Å². The van der Waals surface area contributed by atoms with Crippen LogP contribution in [0.25, 0.3) is 0 Å². The summed E-state index contributed by atoms with van der Waals surface area (Å²) in [6, 6.07) is 8.70. The SMILES string of the molecule is COc1cc(C(=O)NCC(C)C)c(N(Cc2ccccc2F)S(C)(=O)=O)cc1OC. The number of carbonyl (C=O) groups is 1. The van der Waals surface area contributed by atoms with Crippen LogP contribution in [0.1, 0.15) is 29.8 Å². The van der Waals surface area contributed by atoms with Gasteiger partial charge < -0.3 is 14.8 Å². The maximum Gasteiger partial charge on any atom is 0.253 e. The summed E-state index contributed by atoms with van der Waals surface area (Å²) in [6.45, 7) is 4.00. The minimum atomic E-state index is -3.87. The molecule has 9 heteroatoms. The fraction of sp³-hybridized carbons (Fsp3) is 0.381. The van der Waals surface area contributed by atoms with Crippen LogP contribution < -0.4 is 19.1 Å². The van der Waals surface area contributed by atoms with Gasteiger partial charge in [-0.2, -0.15) is 0 Å². The Morgan fingerprint density at radius 2 is 1.73 bits per heavy atom. The Morgan fingerprint density at radius 3 is 2.27 bits per heavy atom. The lowest BCUT2D eigenvalue weighted by Crippen LogP contribution is -2.34. The van der Waals surface area contributed by atoms with Gasteiger partial charge in [0.05, 0.1) is 38.3 Å². The van der Waals surface area contributed by atoms with Crippen LogP contribution in [0.3, 0.4) is 0 Å². The first kappa shape index (κ1) is 23.5. The molecule has 0 bridgehead atoms. The summed E-state index contributed by atoms with van der Waals surface area (Å²) in [4.78, 5) is 12.9. The van der Waals surface area contributed by atoms with E-state index in [0.29, 0.717) is 6.54 Å². The Hall–Kier alpha value is -2.81. The van der Waals surface area contributed by atoms with Crippen molar-refractivity contribution in [2.24, 2.45) is 5.92 Å². The monoisotopic (exact) mass is 438 g/mol. The number of amides is 1. The van der Waals surface area contributed by atoms with Crippen molar-refractivity contribution in [1.82, 2.24) is 5.32 Å². The van der Waals surface area contributed by atoms with E-state index in [9.17, 15) is 17.6 Å². The number of nitrogens with zero attached hydrogens (tertiary/aromatic N) is 1. The van der Waals surface area contributed by atoms with Gasteiger partial charge in [-0.1, -0.05) is 32.0 Å². The molecule has 2 rings (SSSR count). The average molecular weight is 439 g/mol. The van der Waals surface area contributed by atoms with Crippen molar-refractivity contribution < 1.29 is 27.1 Å². The van der Waals surface area contributed by atoms with Gasteiger partial charge in [0.25, 0.3) is 5.91 Å². The van der Waals surface area contributed by atoms with Crippen LogP contribution in [0.5, 0.6) is 11.5 Å². The number of halogens is 1. The molecule has 0 aliphatic carbocycles. The molecule has 0 saturated heterocycles. The van der Waals surface area contributed by atoms with Crippen LogP contribution in [0.15, 0.2) is 36.4 Å². The van der Waals surface area contributed by atoms with Gasteiger partial charge in [0.1, 0.15) is 5.82 Å². The fourth-order valence-electron chi connectivity index (χ4n) is 2.81. The van der Waals surface area contributed by atoms with E-state index in [2.05, 4.69) is 5.32 Å². The molecule has 0 fully saturated rings. The number of ether oxygens (including phenoxy) is 2. The first-order valence-electron chi connectivity index (χ1n) is 9.33. The largest absolute Gasteiger partial charge is 0.493 e. The van der Waals surface area contributed by atoms with E-state index in [0.717, 1.165) is 10.6 Å². The van der Waals surface area contributed by atoms with Crippen LogP contribution in [-0.2, 0) is 16.6 Å². The van der Waals surface area contributed by atoms with Crippen molar-refractivity contribution in [3.05, 3.63) is 53.3 Å². The Morgan fingerprint density at radius 1 is 1.13 bits per heavy atom. The van der Waals surface area contributed by atoms with Gasteiger partial charge in [0, 0.05) is 18.2 Å². The van der Waals surface area contributed by atoms with E-state index in [1.54, 1.807) is 6.07 Å². The van der Waals surface area contributed by atoms with Crippen LogP contribution in [0.4, 0.5) is 10.1 Å². The highest BCUT2D eigenvalue weighted by molar-refractivity contribution is 7.92. The molecular weight excluding hydrogens is 411 g/mol. The Labute approximate surface area is 176 Å². The van der Waals surface area contributed by atoms with Crippen LogP contribution in [0, 0.1) is 11.7 Å². The topological polar surface area (TPSA) is 84.9 Å². The number of rotatable bonds is 9. The summed E-state index contributed by atoms with van der Waals surface area (Å²) >= 11 is 0. The molecule has 7 nitrogen and oxygen atoms in total. The summed E-state index contributed by atoms with van der Waals surface area (Å²) in [5, 5.41) is 2.78. The second kappa shape index (κ2) is 9.80. The third-order valence-corrected chi connectivity index (χ3v) is 5.48. The predicted octanol–water partition coefficient (Wildman–Crippen LogP) is 3.19. The molecule has 164 valence electrons. The van der Waals surface area contributed by atoms with Gasteiger partial charge in [0.2, 0.25) is 10.0 Å². The summed E-state index contributed by atoms with van der Waals surface area (Å²) in [5.41, 5.74) is 0.320. The average Bonchev–Trinajstić information content (AvgIpc) is 2.69. The molecule has 0 radical (unpaired) electrons. The highest BCUT2D eigenvalue weighted by atomic mass is 32.2. The molecule has 30 heavy (non-hydrogen) atoms. The zero-order valence-electron chi connectivity index (χ0n) is 17.7. The van der Waals surface area contributed by atoms with Crippen LogP contribution in [-0.4, -0.2) is 41.3 Å². The second-order valence-corrected chi connectivity index (χ2v) is 9.10. The lowest BCUT2D eigenvalue weighted by atomic mass is 10.1. The molecule has 1 N–H and O–H groups in total. The second-order valence-electron chi connectivity index (χ2n) is 7.19. The van der Waals surface area contributed by atoms with Crippen molar-refractivity contribution >= 4 is 21.6 Å². The molecule has 0 saturated carbocycles. The summed E-state index contributed by atoms with van der Waals surface area (Å²) in [5.74, 6) is -0.299. The van der Waals surface area contributed by atoms with Crippen molar-refractivity contribution in [3.8, 4) is 11.5 Å². The number of nitrogens with one attached hydrogen (secondary N) is 1. The van der Waals surface area contributed by atoms with Gasteiger partial charge in [-0.15, -0.1) is 0 Å². The Balaban J connectivity index is 2.65. The van der Waals surface area contributed by atoms with E-state index >= 15 is 0 Å². The van der Waals surface area contributed by atoms with E-state index in [1.807, 2.05) is 13.8 Å². The molecule has 2 aromatic carbocycles. The van der Waals surface area contributed by atoms with Crippen molar-refractivity contribution in [2.75, 3.05) is 31.3 Å². The van der Waals surface area contributed by atoms with E-state index in [1.165, 1.54) is 44.6 Å². The predicted molar refractivity (Wildman–Crippen MR) is 114 cm³/mol. The molecule has 0 heterocycles. The number of methoxy groups -OCH3 is 2. The third kappa shape index (κ3) is 5.63. The number of benzene rings is 2. The lowest BCUT2D eigenvalue weighted by molar-refractivity contribution is 0.0949. The molecule has 0 aromatic heterocycles. The van der Waals surface area contributed by atoms with Crippen molar-refractivity contribution in [2.45, 2.75) is 20.4 Å². The first-order valence-corrected chi connectivity index (χ1v) is 11.2. The maximum atomic E-state index is 14.2. The molecule has 2 aromatic rings. The number of anilines is 1. The van der Waals surface area contributed by atoms with Gasteiger partial charge in [-0.05, 0) is 18.1 Å². The van der Waals surface area contributed by atoms with Crippen molar-refractivity contribution in [1.29, 1.82) is 0 Å². The van der Waals surface area contributed by atoms with E-state index in [-0.39, 0.29) is 40.8 Å². The number of hydrogen-bond acceptors (Lipinski definition) is 5. The van der Waals surface area contributed by atoms with Crippen LogP contribution in [0.2, 0.25) is 0 Å². The lowest BCUT2D eigenvalue weighted by Gasteiger charge is -2.26. The Bertz CT molecular complexity index is 1010. The standard InChI is InChI=1S/C21H27FN2O5S/c1-14(2)12-23-21(25)16-10-19(28-3)20(29-4)11-18(16)24(30(5,26)27)13-15-8-6-7-9-17(15)22/h6-11,14H,12-13H2,1-5H3,(H,23,25). The normalized spacial score (nSPS) is 11.3. The minimum Gasteiger partial charge on any atom is -0.493 e. The Kier molecular flexibility index (Phi) is 7.66. The molecule has 1 amide bonds. The summed E-state index contributed by atoms with van der Waals surface area (Å²) < 4.78 is 51.1. The highest BCUT2D eigenvalue weighted by Gasteiger charge is 2.27. The summed E-state index contributed by atoms with van der Waals surface area (Å²) in [7, 11) is -1.05. The quantitative estimate of drug-likeness (QED) is 0.650. The third-order valence-electron chi connectivity index (χ3n) is 4.36. The van der Waals surface area contributed by atoms with Gasteiger partial charge in [0.15, 0.2) is 11.5 Å². The molecule has 0 aliphatic heterocycles. The van der Waals surface area contributed by atoms with E-state index in [4.69, 9.17) is 9.47 Å². The molecule has 0 spiro atoms. The fourth-order valence-corrected chi connectivity index (χ4v) is 3.69. The maximum absolute atomic E-state index is 14.2. The minimum absolute atomic E-state index is 0.0691. The summed E-state index contributed by atoms with van der Waals surface area (Å²) in [6.07, 6.45) is 1.00. The number of hydrogen-bond donors (Lipinski definition) is 1. The van der Waals surface area contributed by atoms with Crippen LogP contribution >= 0.6 is 0 Å². The highest BCUT2D eigenvalue weighted by Crippen LogP contribution is 2.37. The molecule has 0 atom stereocenters. The number of carbonyl (C=O) groups excluding carboxylic acids is 1. The van der Waals surface area contributed by atoms with E-state index < -0.39 is 21.7 Å². The zero-order valence-corrected chi connectivity index (χ0v) is 18.5.